The number of aliphatic imine (C=N–C) groups is 1. The summed E-state index contributed by atoms with van der Waals surface area (Å²) in [6.07, 6.45) is -4.12. The first-order valence-electron chi connectivity index (χ1n) is 7.75. The zero-order valence-corrected chi connectivity index (χ0v) is 14.6. The van der Waals surface area contributed by atoms with Crippen molar-refractivity contribution in [2.75, 3.05) is 12.4 Å². The average Bonchev–Trinajstić information content (AvgIpc) is 2.88. The highest BCUT2D eigenvalue weighted by Gasteiger charge is 2.32. The van der Waals surface area contributed by atoms with Gasteiger partial charge in [0.1, 0.15) is 0 Å². The molecule has 1 aromatic heterocycles. The zero-order chi connectivity index (χ0) is 19.3. The lowest BCUT2D eigenvalue weighted by Crippen LogP contribution is -2.24. The standard InChI is InChI=1S/C16H20F3N5O2/c1-4-11-10(14(25-3)24(2)23-11)9-21-15(20)22-12-7-5-6-8-13(12)26-16(17,18)19/h5-8H,4,9H2,1-3H3,(H3,20,21,22). The highest BCUT2D eigenvalue weighted by molar-refractivity contribution is 5.93. The zero-order valence-electron chi connectivity index (χ0n) is 14.6. The molecule has 0 spiro atoms. The molecule has 2 aromatic rings. The Kier molecular flexibility index (Phi) is 5.96. The fraction of sp³-hybridized carbons (Fsp3) is 0.375. The van der Waals surface area contributed by atoms with Crippen molar-refractivity contribution in [3.8, 4) is 11.6 Å². The maximum Gasteiger partial charge on any atom is 0.573 e. The van der Waals surface area contributed by atoms with Gasteiger partial charge in [-0.05, 0) is 18.6 Å². The summed E-state index contributed by atoms with van der Waals surface area (Å²) in [5, 5.41) is 6.95. The molecule has 26 heavy (non-hydrogen) atoms. The van der Waals surface area contributed by atoms with Crippen molar-refractivity contribution in [2.24, 2.45) is 17.8 Å². The third-order valence-electron chi connectivity index (χ3n) is 3.48. The van der Waals surface area contributed by atoms with Crippen molar-refractivity contribution >= 4 is 11.6 Å². The van der Waals surface area contributed by atoms with E-state index in [1.807, 2.05) is 6.92 Å². The van der Waals surface area contributed by atoms with Crippen molar-refractivity contribution < 1.29 is 22.6 Å². The summed E-state index contributed by atoms with van der Waals surface area (Å²) in [4.78, 5) is 4.17. The number of para-hydroxylation sites is 2. The highest BCUT2D eigenvalue weighted by Crippen LogP contribution is 2.30. The Hall–Kier alpha value is -2.91. The van der Waals surface area contributed by atoms with Crippen LogP contribution in [-0.4, -0.2) is 29.2 Å². The molecule has 0 unspecified atom stereocenters. The molecule has 10 heteroatoms. The number of halogens is 3. The molecule has 0 saturated heterocycles. The number of nitrogens with one attached hydrogen (secondary N) is 1. The first kappa shape index (κ1) is 19.4. The number of nitrogens with zero attached hydrogens (tertiary/aromatic N) is 3. The summed E-state index contributed by atoms with van der Waals surface area (Å²) in [5.74, 6) is 0.0988. The lowest BCUT2D eigenvalue weighted by atomic mass is 10.2. The van der Waals surface area contributed by atoms with E-state index in [9.17, 15) is 13.2 Å². The second-order valence-electron chi connectivity index (χ2n) is 5.28. The molecule has 0 atom stereocenters. The maximum atomic E-state index is 12.5. The fourth-order valence-corrected chi connectivity index (χ4v) is 2.43. The number of hydrogen-bond donors (Lipinski definition) is 2. The SMILES string of the molecule is CCc1nn(C)c(OC)c1CN=C(N)Nc1ccccc1OC(F)(F)F. The number of anilines is 1. The topological polar surface area (TPSA) is 86.7 Å². The predicted molar refractivity (Wildman–Crippen MR) is 91.2 cm³/mol. The van der Waals surface area contributed by atoms with Crippen LogP contribution in [0.1, 0.15) is 18.2 Å². The van der Waals surface area contributed by atoms with Gasteiger partial charge in [-0.1, -0.05) is 19.1 Å². The van der Waals surface area contributed by atoms with Crippen LogP contribution in [0.25, 0.3) is 0 Å². The predicted octanol–water partition coefficient (Wildman–Crippen LogP) is 2.82. The Labute approximate surface area is 148 Å². The van der Waals surface area contributed by atoms with Crippen LogP contribution in [0.15, 0.2) is 29.3 Å². The number of ether oxygens (including phenoxy) is 2. The van der Waals surface area contributed by atoms with Crippen molar-refractivity contribution in [2.45, 2.75) is 26.3 Å². The number of nitrogens with two attached hydrogens (primary N) is 1. The number of alkyl halides is 3. The molecule has 0 aliphatic carbocycles. The average molecular weight is 371 g/mol. The van der Waals surface area contributed by atoms with Gasteiger partial charge in [0.25, 0.3) is 0 Å². The number of benzene rings is 1. The van der Waals surface area contributed by atoms with Gasteiger partial charge in [-0.3, -0.25) is 0 Å². The number of rotatable bonds is 6. The van der Waals surface area contributed by atoms with Crippen LogP contribution in [0.4, 0.5) is 18.9 Å². The van der Waals surface area contributed by atoms with Crippen molar-refractivity contribution in [3.63, 3.8) is 0 Å². The minimum Gasteiger partial charge on any atom is -0.481 e. The van der Waals surface area contributed by atoms with E-state index in [0.717, 1.165) is 11.3 Å². The minimum atomic E-state index is -4.80. The van der Waals surface area contributed by atoms with Crippen LogP contribution >= 0.6 is 0 Å². The molecule has 0 radical (unpaired) electrons. The first-order valence-corrected chi connectivity index (χ1v) is 7.75. The number of aryl methyl sites for hydroxylation is 2. The Morgan fingerprint density at radius 2 is 2.04 bits per heavy atom. The van der Waals surface area contributed by atoms with Gasteiger partial charge >= 0.3 is 6.36 Å². The molecule has 1 aromatic carbocycles. The van der Waals surface area contributed by atoms with Crippen LogP contribution in [0.3, 0.4) is 0 Å². The third-order valence-corrected chi connectivity index (χ3v) is 3.48. The highest BCUT2D eigenvalue weighted by atomic mass is 19.4. The number of hydrogen-bond acceptors (Lipinski definition) is 4. The molecule has 0 bridgehead atoms. The summed E-state index contributed by atoms with van der Waals surface area (Å²) in [5.41, 5.74) is 7.44. The van der Waals surface area contributed by atoms with Crippen LogP contribution in [0.2, 0.25) is 0 Å². The van der Waals surface area contributed by atoms with E-state index in [2.05, 4.69) is 20.1 Å². The fourth-order valence-electron chi connectivity index (χ4n) is 2.43. The molecule has 142 valence electrons. The van der Waals surface area contributed by atoms with E-state index in [4.69, 9.17) is 10.5 Å². The Bertz CT molecular complexity index is 787. The van der Waals surface area contributed by atoms with E-state index in [1.54, 1.807) is 17.8 Å². The summed E-state index contributed by atoms with van der Waals surface area (Å²) < 4.78 is 48.3. The van der Waals surface area contributed by atoms with Crippen LogP contribution < -0.4 is 20.5 Å². The molecule has 3 N–H and O–H groups in total. The van der Waals surface area contributed by atoms with Gasteiger partial charge in [0, 0.05) is 7.05 Å². The van der Waals surface area contributed by atoms with Gasteiger partial charge in [-0.2, -0.15) is 5.10 Å². The van der Waals surface area contributed by atoms with Crippen LogP contribution in [-0.2, 0) is 20.0 Å². The lowest BCUT2D eigenvalue weighted by Gasteiger charge is -2.14. The van der Waals surface area contributed by atoms with Crippen molar-refractivity contribution in [3.05, 3.63) is 35.5 Å². The normalized spacial score (nSPS) is 12.2. The monoisotopic (exact) mass is 371 g/mol. The smallest absolute Gasteiger partial charge is 0.481 e. The second-order valence-corrected chi connectivity index (χ2v) is 5.28. The molecular weight excluding hydrogens is 351 g/mol. The van der Waals surface area contributed by atoms with E-state index in [0.29, 0.717) is 12.3 Å². The van der Waals surface area contributed by atoms with E-state index >= 15 is 0 Å². The molecule has 0 fully saturated rings. The van der Waals surface area contributed by atoms with Crippen LogP contribution in [0.5, 0.6) is 11.6 Å². The van der Waals surface area contributed by atoms with Gasteiger partial charge in [0.2, 0.25) is 5.88 Å². The molecule has 0 saturated carbocycles. The first-order chi connectivity index (χ1) is 12.2. The van der Waals surface area contributed by atoms with Gasteiger partial charge in [-0.15, -0.1) is 13.2 Å². The van der Waals surface area contributed by atoms with Gasteiger partial charge in [0.05, 0.1) is 30.6 Å². The minimum absolute atomic E-state index is 0.0555. The quantitative estimate of drug-likeness (QED) is 0.602. The van der Waals surface area contributed by atoms with Crippen molar-refractivity contribution in [1.29, 1.82) is 0 Å². The van der Waals surface area contributed by atoms with Gasteiger partial charge < -0.3 is 20.5 Å². The summed E-state index contributed by atoms with van der Waals surface area (Å²) >= 11 is 0. The number of guanidine groups is 1. The second kappa shape index (κ2) is 7.98. The van der Waals surface area contributed by atoms with E-state index in [-0.39, 0.29) is 18.2 Å². The summed E-state index contributed by atoms with van der Waals surface area (Å²) in [7, 11) is 3.27. The van der Waals surface area contributed by atoms with E-state index in [1.165, 1.54) is 25.3 Å². The summed E-state index contributed by atoms with van der Waals surface area (Å²) in [6, 6.07) is 5.57. The molecule has 0 amide bonds. The van der Waals surface area contributed by atoms with E-state index < -0.39 is 12.1 Å². The van der Waals surface area contributed by atoms with Crippen LogP contribution in [0, 0.1) is 0 Å². The molecular formula is C16H20F3N5O2. The van der Waals surface area contributed by atoms with Crippen molar-refractivity contribution in [1.82, 2.24) is 9.78 Å². The third kappa shape index (κ3) is 4.80. The lowest BCUT2D eigenvalue weighted by molar-refractivity contribution is -0.274. The molecule has 1 heterocycles. The Balaban J connectivity index is 2.18. The number of methoxy groups -OCH3 is 1. The van der Waals surface area contributed by atoms with Gasteiger partial charge in [0.15, 0.2) is 11.7 Å². The molecule has 0 aliphatic rings. The van der Waals surface area contributed by atoms with Gasteiger partial charge in [-0.25, -0.2) is 9.67 Å². The maximum absolute atomic E-state index is 12.5. The largest absolute Gasteiger partial charge is 0.573 e. The number of aromatic nitrogens is 2. The Morgan fingerprint density at radius 3 is 2.65 bits per heavy atom. The summed E-state index contributed by atoms with van der Waals surface area (Å²) in [6.45, 7) is 2.11. The molecule has 7 nitrogen and oxygen atoms in total. The molecule has 2 rings (SSSR count). The molecule has 0 aliphatic heterocycles. The Morgan fingerprint density at radius 1 is 1.35 bits per heavy atom.